The zero-order valence-electron chi connectivity index (χ0n) is 11.9. The van der Waals surface area contributed by atoms with Crippen molar-refractivity contribution in [3.05, 3.63) is 29.1 Å². The van der Waals surface area contributed by atoms with Crippen molar-refractivity contribution in [2.24, 2.45) is 5.73 Å². The Balaban J connectivity index is 2.38. The van der Waals surface area contributed by atoms with Gasteiger partial charge in [-0.1, -0.05) is 0 Å². The molecule has 0 aliphatic carbocycles. The summed E-state index contributed by atoms with van der Waals surface area (Å²) in [6, 6.07) is 2.95. The molecule has 2 rings (SSSR count). The van der Waals surface area contributed by atoms with Gasteiger partial charge < -0.3 is 10.6 Å². The fourth-order valence-electron chi connectivity index (χ4n) is 2.50. The maximum Gasteiger partial charge on any atom is 0.152 e. The van der Waals surface area contributed by atoms with Crippen LogP contribution in [0.15, 0.2) is 12.1 Å². The quantitative estimate of drug-likeness (QED) is 0.904. The molecule has 1 aromatic rings. The van der Waals surface area contributed by atoms with Gasteiger partial charge in [0.05, 0.1) is 11.5 Å². The van der Waals surface area contributed by atoms with Gasteiger partial charge in [-0.15, -0.1) is 0 Å². The van der Waals surface area contributed by atoms with Gasteiger partial charge in [-0.2, -0.15) is 0 Å². The maximum absolute atomic E-state index is 13.7. The van der Waals surface area contributed by atoms with Crippen molar-refractivity contribution in [2.45, 2.75) is 26.3 Å². The SMILES string of the molecule is Cc1cc(N2CCCS(=O)(=O)CC2)c([C@@H](C)N)cc1F. The largest absolute Gasteiger partial charge is 0.370 e. The molecule has 1 aliphatic rings. The molecule has 0 unspecified atom stereocenters. The molecule has 1 heterocycles. The van der Waals surface area contributed by atoms with Crippen LogP contribution in [0.2, 0.25) is 0 Å². The standard InChI is InChI=1S/C14H21FN2O2S/c1-10-8-14(12(11(2)16)9-13(10)15)17-4-3-6-20(18,19)7-5-17/h8-9,11H,3-7,16H2,1-2H3/t11-/m1/s1. The molecule has 4 nitrogen and oxygen atoms in total. The molecule has 6 heteroatoms. The Hall–Kier alpha value is -1.14. The van der Waals surface area contributed by atoms with Crippen LogP contribution in [0, 0.1) is 12.7 Å². The van der Waals surface area contributed by atoms with Gasteiger partial charge in [0, 0.05) is 24.8 Å². The molecule has 1 fully saturated rings. The van der Waals surface area contributed by atoms with Crippen LogP contribution in [0.25, 0.3) is 0 Å². The number of anilines is 1. The molecular formula is C14H21FN2O2S. The zero-order chi connectivity index (χ0) is 14.9. The van der Waals surface area contributed by atoms with E-state index in [2.05, 4.69) is 0 Å². The van der Waals surface area contributed by atoms with Crippen molar-refractivity contribution in [1.82, 2.24) is 0 Å². The lowest BCUT2D eigenvalue weighted by Gasteiger charge is -2.27. The number of nitrogens with two attached hydrogens (primary N) is 1. The van der Waals surface area contributed by atoms with E-state index in [0.29, 0.717) is 25.1 Å². The Morgan fingerprint density at radius 1 is 1.30 bits per heavy atom. The Labute approximate surface area is 119 Å². The molecule has 1 atom stereocenters. The number of rotatable bonds is 2. The second-order valence-electron chi connectivity index (χ2n) is 5.44. The van der Waals surface area contributed by atoms with Crippen LogP contribution >= 0.6 is 0 Å². The summed E-state index contributed by atoms with van der Waals surface area (Å²) in [6.45, 7) is 4.61. The first kappa shape index (κ1) is 15.3. The van der Waals surface area contributed by atoms with E-state index in [-0.39, 0.29) is 23.4 Å². The number of benzene rings is 1. The summed E-state index contributed by atoms with van der Waals surface area (Å²) in [4.78, 5) is 2.01. The Bertz CT molecular complexity index is 599. The lowest BCUT2D eigenvalue weighted by molar-refractivity contribution is 0.597. The van der Waals surface area contributed by atoms with Crippen LogP contribution in [0.3, 0.4) is 0 Å². The number of hydrogen-bond donors (Lipinski definition) is 1. The van der Waals surface area contributed by atoms with Crippen LogP contribution in [0.4, 0.5) is 10.1 Å². The Morgan fingerprint density at radius 2 is 2.00 bits per heavy atom. The molecule has 0 bridgehead atoms. The summed E-state index contributed by atoms with van der Waals surface area (Å²) in [6.07, 6.45) is 0.594. The van der Waals surface area contributed by atoms with Crippen molar-refractivity contribution in [2.75, 3.05) is 29.5 Å². The summed E-state index contributed by atoms with van der Waals surface area (Å²) in [5.74, 6) is 0.0856. The molecule has 1 aliphatic heterocycles. The molecule has 112 valence electrons. The van der Waals surface area contributed by atoms with Gasteiger partial charge in [0.1, 0.15) is 5.82 Å². The summed E-state index contributed by atoms with van der Waals surface area (Å²) in [7, 11) is -2.96. The maximum atomic E-state index is 13.7. The molecular weight excluding hydrogens is 279 g/mol. The molecule has 2 N–H and O–H groups in total. The van der Waals surface area contributed by atoms with Gasteiger partial charge in [0.2, 0.25) is 0 Å². The fourth-order valence-corrected chi connectivity index (χ4v) is 3.77. The molecule has 20 heavy (non-hydrogen) atoms. The molecule has 0 radical (unpaired) electrons. The predicted molar refractivity (Wildman–Crippen MR) is 79.2 cm³/mol. The van der Waals surface area contributed by atoms with Crippen molar-refractivity contribution < 1.29 is 12.8 Å². The molecule has 0 amide bonds. The Morgan fingerprint density at radius 3 is 2.65 bits per heavy atom. The van der Waals surface area contributed by atoms with Crippen LogP contribution in [-0.4, -0.2) is 33.0 Å². The fraction of sp³-hybridized carbons (Fsp3) is 0.571. The van der Waals surface area contributed by atoms with Crippen LogP contribution in [0.5, 0.6) is 0 Å². The summed E-state index contributed by atoms with van der Waals surface area (Å²) < 4.78 is 37.1. The van der Waals surface area contributed by atoms with E-state index in [1.807, 2.05) is 11.8 Å². The van der Waals surface area contributed by atoms with Crippen molar-refractivity contribution in [1.29, 1.82) is 0 Å². The van der Waals surface area contributed by atoms with Gasteiger partial charge in [-0.25, -0.2) is 12.8 Å². The van der Waals surface area contributed by atoms with Crippen LogP contribution in [-0.2, 0) is 9.84 Å². The Kier molecular flexibility index (Phi) is 4.34. The number of halogens is 1. The molecule has 0 saturated carbocycles. The van der Waals surface area contributed by atoms with Gasteiger partial charge in [0.25, 0.3) is 0 Å². The third-order valence-electron chi connectivity index (χ3n) is 3.69. The van der Waals surface area contributed by atoms with E-state index >= 15 is 0 Å². The van der Waals surface area contributed by atoms with Gasteiger partial charge in [0.15, 0.2) is 9.84 Å². The number of nitrogens with zero attached hydrogens (tertiary/aromatic N) is 1. The second-order valence-corrected chi connectivity index (χ2v) is 7.74. The number of hydrogen-bond acceptors (Lipinski definition) is 4. The zero-order valence-corrected chi connectivity index (χ0v) is 12.7. The summed E-state index contributed by atoms with van der Waals surface area (Å²) in [5.41, 5.74) is 8.06. The van der Waals surface area contributed by atoms with Crippen molar-refractivity contribution in [3.8, 4) is 0 Å². The van der Waals surface area contributed by atoms with Gasteiger partial charge in [-0.05, 0) is 43.5 Å². The highest BCUT2D eigenvalue weighted by molar-refractivity contribution is 7.91. The van der Waals surface area contributed by atoms with Crippen molar-refractivity contribution >= 4 is 15.5 Å². The minimum absolute atomic E-state index is 0.141. The number of sulfone groups is 1. The van der Waals surface area contributed by atoms with Gasteiger partial charge >= 0.3 is 0 Å². The first-order valence-electron chi connectivity index (χ1n) is 6.81. The second kappa shape index (κ2) is 5.69. The highest BCUT2D eigenvalue weighted by atomic mass is 32.2. The lowest BCUT2D eigenvalue weighted by atomic mass is 10.0. The van der Waals surface area contributed by atoms with Crippen LogP contribution in [0.1, 0.15) is 30.5 Å². The third-order valence-corrected chi connectivity index (χ3v) is 5.41. The van der Waals surface area contributed by atoms with Crippen molar-refractivity contribution in [3.63, 3.8) is 0 Å². The average Bonchev–Trinajstić information content (AvgIpc) is 2.53. The smallest absolute Gasteiger partial charge is 0.152 e. The van der Waals surface area contributed by atoms with E-state index in [9.17, 15) is 12.8 Å². The molecule has 0 spiro atoms. The number of aryl methyl sites for hydroxylation is 1. The molecule has 1 saturated heterocycles. The van der Waals surface area contributed by atoms with E-state index < -0.39 is 9.84 Å². The monoisotopic (exact) mass is 300 g/mol. The molecule has 1 aromatic carbocycles. The average molecular weight is 300 g/mol. The minimum atomic E-state index is -2.96. The topological polar surface area (TPSA) is 63.4 Å². The third kappa shape index (κ3) is 3.30. The minimum Gasteiger partial charge on any atom is -0.370 e. The first-order valence-corrected chi connectivity index (χ1v) is 8.63. The highest BCUT2D eigenvalue weighted by Crippen LogP contribution is 2.29. The van der Waals surface area contributed by atoms with E-state index in [0.717, 1.165) is 11.3 Å². The molecule has 0 aromatic heterocycles. The summed E-state index contributed by atoms with van der Waals surface area (Å²) >= 11 is 0. The first-order chi connectivity index (χ1) is 9.30. The van der Waals surface area contributed by atoms with E-state index in [1.165, 1.54) is 6.07 Å². The normalized spacial score (nSPS) is 20.5. The summed E-state index contributed by atoms with van der Waals surface area (Å²) in [5, 5.41) is 0. The van der Waals surface area contributed by atoms with E-state index in [4.69, 9.17) is 5.73 Å². The van der Waals surface area contributed by atoms with E-state index in [1.54, 1.807) is 13.0 Å². The predicted octanol–water partition coefficient (Wildman–Crippen LogP) is 1.78. The van der Waals surface area contributed by atoms with Gasteiger partial charge in [-0.3, -0.25) is 0 Å². The highest BCUT2D eigenvalue weighted by Gasteiger charge is 2.22. The van der Waals surface area contributed by atoms with Crippen LogP contribution < -0.4 is 10.6 Å². The lowest BCUT2D eigenvalue weighted by Crippen LogP contribution is -2.29.